The van der Waals surface area contributed by atoms with Gasteiger partial charge in [-0.2, -0.15) is 0 Å². The summed E-state index contributed by atoms with van der Waals surface area (Å²) in [4.78, 5) is 25.3. The van der Waals surface area contributed by atoms with Crippen LogP contribution in [0, 0.1) is 0 Å². The second-order valence-electron chi connectivity index (χ2n) is 4.85. The number of amides is 2. The van der Waals surface area contributed by atoms with Gasteiger partial charge in [0.25, 0.3) is 0 Å². The van der Waals surface area contributed by atoms with E-state index in [9.17, 15) is 9.59 Å². The van der Waals surface area contributed by atoms with Gasteiger partial charge in [0.1, 0.15) is 6.54 Å². The van der Waals surface area contributed by atoms with Crippen LogP contribution in [-0.2, 0) is 16.0 Å². The molecule has 1 unspecified atom stereocenters. The highest BCUT2D eigenvalue weighted by Crippen LogP contribution is 2.30. The first-order valence-electron chi connectivity index (χ1n) is 6.94. The van der Waals surface area contributed by atoms with E-state index < -0.39 is 5.97 Å². The maximum absolute atomic E-state index is 12.3. The van der Waals surface area contributed by atoms with Crippen molar-refractivity contribution in [3.63, 3.8) is 0 Å². The van der Waals surface area contributed by atoms with Crippen LogP contribution in [0.5, 0.6) is 0 Å². The van der Waals surface area contributed by atoms with E-state index in [4.69, 9.17) is 4.74 Å². The molecule has 108 valence electrons. The molecule has 0 radical (unpaired) electrons. The van der Waals surface area contributed by atoms with Crippen molar-refractivity contribution in [1.82, 2.24) is 5.32 Å². The number of carbonyl (C=O) groups excluding carboxylic acids is 2. The molecule has 1 aliphatic heterocycles. The Morgan fingerprint density at radius 1 is 1.40 bits per heavy atom. The maximum Gasteiger partial charge on any atom is 0.325 e. The van der Waals surface area contributed by atoms with E-state index in [-0.39, 0.29) is 18.6 Å². The van der Waals surface area contributed by atoms with Crippen LogP contribution in [0.25, 0.3) is 0 Å². The fraction of sp³-hybridized carbons (Fsp3) is 0.467. The van der Waals surface area contributed by atoms with E-state index in [1.165, 1.54) is 0 Å². The van der Waals surface area contributed by atoms with E-state index in [0.717, 1.165) is 24.1 Å². The van der Waals surface area contributed by atoms with Gasteiger partial charge in [0.15, 0.2) is 0 Å². The largest absolute Gasteiger partial charge is 0.465 e. The summed E-state index contributed by atoms with van der Waals surface area (Å²) >= 11 is 0. The fourth-order valence-electron chi connectivity index (χ4n) is 2.44. The third-order valence-electron chi connectivity index (χ3n) is 3.43. The van der Waals surface area contributed by atoms with Crippen LogP contribution in [0.1, 0.15) is 25.8 Å². The third kappa shape index (κ3) is 3.10. The van der Waals surface area contributed by atoms with Crippen molar-refractivity contribution in [3.8, 4) is 0 Å². The molecule has 5 heteroatoms. The minimum atomic E-state index is -0.418. The Hall–Kier alpha value is -2.04. The first kappa shape index (κ1) is 14.4. The SMILES string of the molecule is CCOC(=O)CNC(=O)N1c2ccccc2CCC1C. The number of aryl methyl sites for hydroxylation is 1. The lowest BCUT2D eigenvalue weighted by molar-refractivity contribution is -0.141. The normalized spacial score (nSPS) is 17.3. The average molecular weight is 276 g/mol. The lowest BCUT2D eigenvalue weighted by Gasteiger charge is -2.35. The standard InChI is InChI=1S/C15H20N2O3/c1-3-20-14(18)10-16-15(19)17-11(2)8-9-12-6-4-5-7-13(12)17/h4-7,11H,3,8-10H2,1-2H3,(H,16,19). The summed E-state index contributed by atoms with van der Waals surface area (Å²) in [6, 6.07) is 7.73. The number of rotatable bonds is 3. The van der Waals surface area contributed by atoms with Crippen LogP contribution >= 0.6 is 0 Å². The molecule has 0 aliphatic carbocycles. The first-order chi connectivity index (χ1) is 9.63. The molecule has 1 N–H and O–H groups in total. The van der Waals surface area contributed by atoms with Crippen molar-refractivity contribution >= 4 is 17.7 Å². The molecule has 1 aromatic carbocycles. The molecule has 0 saturated heterocycles. The number of benzene rings is 1. The number of nitrogens with one attached hydrogen (secondary N) is 1. The minimum absolute atomic E-state index is 0.0991. The molecule has 1 heterocycles. The zero-order valence-electron chi connectivity index (χ0n) is 11.9. The lowest BCUT2D eigenvalue weighted by atomic mass is 9.97. The van der Waals surface area contributed by atoms with Gasteiger partial charge in [0.2, 0.25) is 0 Å². The van der Waals surface area contributed by atoms with Crippen LogP contribution in [0.3, 0.4) is 0 Å². The molecule has 2 amide bonds. The quantitative estimate of drug-likeness (QED) is 0.860. The summed E-state index contributed by atoms with van der Waals surface area (Å²) in [7, 11) is 0. The first-order valence-corrected chi connectivity index (χ1v) is 6.94. The highest BCUT2D eigenvalue weighted by Gasteiger charge is 2.28. The summed E-state index contributed by atoms with van der Waals surface area (Å²) in [6.07, 6.45) is 1.89. The van der Waals surface area contributed by atoms with Crippen molar-refractivity contribution in [2.75, 3.05) is 18.1 Å². The van der Waals surface area contributed by atoms with Crippen molar-refractivity contribution in [1.29, 1.82) is 0 Å². The number of esters is 1. The number of nitrogens with zero attached hydrogens (tertiary/aromatic N) is 1. The van der Waals surface area contributed by atoms with E-state index >= 15 is 0 Å². The number of anilines is 1. The molecular formula is C15H20N2O3. The molecule has 0 aromatic heterocycles. The van der Waals surface area contributed by atoms with Crippen LogP contribution < -0.4 is 10.2 Å². The Labute approximate surface area is 118 Å². The van der Waals surface area contributed by atoms with Gasteiger partial charge in [-0.1, -0.05) is 18.2 Å². The molecule has 1 atom stereocenters. The Morgan fingerprint density at radius 2 is 2.15 bits per heavy atom. The number of hydrogen-bond donors (Lipinski definition) is 1. The number of para-hydroxylation sites is 1. The smallest absolute Gasteiger partial charge is 0.325 e. The maximum atomic E-state index is 12.3. The third-order valence-corrected chi connectivity index (χ3v) is 3.43. The van der Waals surface area contributed by atoms with Gasteiger partial charge in [-0.05, 0) is 38.3 Å². The number of urea groups is 1. The molecule has 0 saturated carbocycles. The molecule has 2 rings (SSSR count). The number of carbonyl (C=O) groups is 2. The summed E-state index contributed by atoms with van der Waals surface area (Å²) in [5.74, 6) is -0.418. The highest BCUT2D eigenvalue weighted by atomic mass is 16.5. The molecule has 0 bridgehead atoms. The summed E-state index contributed by atoms with van der Waals surface area (Å²) in [5.41, 5.74) is 2.09. The predicted molar refractivity (Wildman–Crippen MR) is 76.7 cm³/mol. The molecule has 0 spiro atoms. The van der Waals surface area contributed by atoms with Gasteiger partial charge >= 0.3 is 12.0 Å². The Bertz CT molecular complexity index is 502. The highest BCUT2D eigenvalue weighted by molar-refractivity contribution is 5.95. The van der Waals surface area contributed by atoms with Crippen LogP contribution in [0.4, 0.5) is 10.5 Å². The van der Waals surface area contributed by atoms with Gasteiger partial charge in [-0.3, -0.25) is 9.69 Å². The van der Waals surface area contributed by atoms with Gasteiger partial charge in [0.05, 0.1) is 6.61 Å². The van der Waals surface area contributed by atoms with Crippen molar-refractivity contribution in [3.05, 3.63) is 29.8 Å². The van der Waals surface area contributed by atoms with Crippen molar-refractivity contribution in [2.45, 2.75) is 32.7 Å². The van der Waals surface area contributed by atoms with Gasteiger partial charge in [-0.15, -0.1) is 0 Å². The average Bonchev–Trinajstić information content (AvgIpc) is 2.45. The summed E-state index contributed by atoms with van der Waals surface area (Å²) in [6.45, 7) is 3.97. The van der Waals surface area contributed by atoms with Crippen LogP contribution in [0.2, 0.25) is 0 Å². The second kappa shape index (κ2) is 6.41. The van der Waals surface area contributed by atoms with Crippen molar-refractivity contribution in [2.24, 2.45) is 0 Å². The van der Waals surface area contributed by atoms with Crippen molar-refractivity contribution < 1.29 is 14.3 Å². The summed E-state index contributed by atoms with van der Waals surface area (Å²) < 4.78 is 4.80. The topological polar surface area (TPSA) is 58.6 Å². The Morgan fingerprint density at radius 3 is 2.90 bits per heavy atom. The van der Waals surface area contributed by atoms with Crippen LogP contribution in [0.15, 0.2) is 24.3 Å². The van der Waals surface area contributed by atoms with E-state index in [2.05, 4.69) is 5.32 Å². The number of hydrogen-bond acceptors (Lipinski definition) is 3. The van der Waals surface area contributed by atoms with E-state index in [1.807, 2.05) is 31.2 Å². The number of ether oxygens (including phenoxy) is 1. The molecule has 1 aromatic rings. The molecule has 0 fully saturated rings. The summed E-state index contributed by atoms with van der Waals surface area (Å²) in [5, 5.41) is 2.62. The predicted octanol–water partition coefficient (Wildman–Crippen LogP) is 2.10. The van der Waals surface area contributed by atoms with Gasteiger partial charge in [0, 0.05) is 11.7 Å². The fourth-order valence-corrected chi connectivity index (χ4v) is 2.44. The zero-order chi connectivity index (χ0) is 14.5. The molecule has 1 aliphatic rings. The monoisotopic (exact) mass is 276 g/mol. The van der Waals surface area contributed by atoms with E-state index in [0.29, 0.717) is 6.61 Å². The van der Waals surface area contributed by atoms with Gasteiger partial charge in [-0.25, -0.2) is 4.79 Å². The lowest BCUT2D eigenvalue weighted by Crippen LogP contribution is -2.48. The zero-order valence-corrected chi connectivity index (χ0v) is 11.9. The Balaban J connectivity index is 2.07. The number of fused-ring (bicyclic) bond motifs is 1. The van der Waals surface area contributed by atoms with Gasteiger partial charge < -0.3 is 10.1 Å². The molecule has 20 heavy (non-hydrogen) atoms. The molecular weight excluding hydrogens is 256 g/mol. The Kier molecular flexibility index (Phi) is 4.61. The second-order valence-corrected chi connectivity index (χ2v) is 4.85. The minimum Gasteiger partial charge on any atom is -0.465 e. The van der Waals surface area contributed by atoms with Crippen LogP contribution in [-0.4, -0.2) is 31.2 Å². The van der Waals surface area contributed by atoms with E-state index in [1.54, 1.807) is 11.8 Å². The molecule has 5 nitrogen and oxygen atoms in total.